The minimum atomic E-state index is -2.16. The molecule has 3 N–H and O–H groups in total. The van der Waals surface area contributed by atoms with Crippen molar-refractivity contribution < 1.29 is 23.9 Å². The van der Waals surface area contributed by atoms with Crippen LogP contribution in [-0.4, -0.2) is 53.0 Å². The van der Waals surface area contributed by atoms with E-state index in [1.807, 2.05) is 0 Å². The Labute approximate surface area is 149 Å². The largest absolute Gasteiger partial charge is 0.372 e. The fourth-order valence-corrected chi connectivity index (χ4v) is 2.84. The van der Waals surface area contributed by atoms with Gasteiger partial charge in [-0.2, -0.15) is 0 Å². The molecule has 1 fully saturated rings. The fraction of sp³-hybridized carbons (Fsp3) is 0.438. The van der Waals surface area contributed by atoms with Gasteiger partial charge >= 0.3 is 0 Å². The highest BCUT2D eigenvalue weighted by molar-refractivity contribution is 6.30. The van der Waals surface area contributed by atoms with Crippen LogP contribution < -0.4 is 10.6 Å². The van der Waals surface area contributed by atoms with Gasteiger partial charge < -0.3 is 20.6 Å². The predicted octanol–water partition coefficient (Wildman–Crippen LogP) is 0.195. The fourth-order valence-electron chi connectivity index (χ4n) is 2.60. The zero-order chi connectivity index (χ0) is 18.6. The summed E-state index contributed by atoms with van der Waals surface area (Å²) < 4.78 is 13.3. The van der Waals surface area contributed by atoms with Crippen molar-refractivity contribution in [3.05, 3.63) is 34.6 Å². The van der Waals surface area contributed by atoms with Gasteiger partial charge in [-0.05, 0) is 23.8 Å². The Bertz CT molecular complexity index is 680. The maximum atomic E-state index is 13.3. The lowest BCUT2D eigenvalue weighted by Gasteiger charge is -2.21. The van der Waals surface area contributed by atoms with Crippen molar-refractivity contribution in [3.8, 4) is 0 Å². The molecule has 0 aromatic heterocycles. The summed E-state index contributed by atoms with van der Waals surface area (Å²) in [6.07, 6.45) is -0.0539. The number of carbonyl (C=O) groups is 3. The lowest BCUT2D eigenvalue weighted by Crippen LogP contribution is -2.52. The van der Waals surface area contributed by atoms with Crippen LogP contribution >= 0.6 is 11.6 Å². The van der Waals surface area contributed by atoms with Gasteiger partial charge in [0.25, 0.3) is 11.8 Å². The molecule has 0 aliphatic carbocycles. The third-order valence-electron chi connectivity index (χ3n) is 3.89. The van der Waals surface area contributed by atoms with E-state index in [2.05, 4.69) is 10.6 Å². The van der Waals surface area contributed by atoms with Gasteiger partial charge in [0.2, 0.25) is 11.5 Å². The molecule has 25 heavy (non-hydrogen) atoms. The van der Waals surface area contributed by atoms with E-state index < -0.39 is 23.2 Å². The third-order valence-corrected chi connectivity index (χ3v) is 4.11. The average Bonchev–Trinajstić information content (AvgIpc) is 2.81. The van der Waals surface area contributed by atoms with E-state index in [0.29, 0.717) is 5.56 Å². The standard InChI is InChI=1S/C16H19ClFN3O4/c1-10(22)19-3-5-21-4-2-16(25,15(21)24)14(23)20-9-11-6-12(17)8-13(18)7-11/h6-8,25H,2-5,9H2,1H3,(H,19,22)(H,20,23). The number of carbonyl (C=O) groups excluding carboxylic acids is 3. The topological polar surface area (TPSA) is 98.7 Å². The number of rotatable bonds is 6. The number of benzene rings is 1. The summed E-state index contributed by atoms with van der Waals surface area (Å²) in [6.45, 7) is 1.92. The Morgan fingerprint density at radius 2 is 2.08 bits per heavy atom. The zero-order valence-electron chi connectivity index (χ0n) is 13.6. The molecule has 1 heterocycles. The lowest BCUT2D eigenvalue weighted by atomic mass is 10.0. The molecular formula is C16H19ClFN3O4. The van der Waals surface area contributed by atoms with Gasteiger partial charge in [-0.3, -0.25) is 14.4 Å². The van der Waals surface area contributed by atoms with E-state index in [9.17, 15) is 23.9 Å². The van der Waals surface area contributed by atoms with E-state index >= 15 is 0 Å². The second-order valence-corrected chi connectivity index (χ2v) is 6.28. The molecule has 3 amide bonds. The summed E-state index contributed by atoms with van der Waals surface area (Å²) in [6, 6.07) is 3.81. The Hall–Kier alpha value is -2.19. The predicted molar refractivity (Wildman–Crippen MR) is 88.1 cm³/mol. The van der Waals surface area contributed by atoms with Crippen molar-refractivity contribution in [1.29, 1.82) is 0 Å². The molecule has 0 radical (unpaired) electrons. The van der Waals surface area contributed by atoms with Gasteiger partial charge in [-0.25, -0.2) is 4.39 Å². The highest BCUT2D eigenvalue weighted by Crippen LogP contribution is 2.23. The Morgan fingerprint density at radius 1 is 1.36 bits per heavy atom. The molecule has 9 heteroatoms. The minimum Gasteiger partial charge on any atom is -0.372 e. The molecule has 2 rings (SSSR count). The van der Waals surface area contributed by atoms with Crippen LogP contribution in [0.3, 0.4) is 0 Å². The molecule has 1 aromatic carbocycles. The van der Waals surface area contributed by atoms with E-state index in [1.54, 1.807) is 0 Å². The van der Waals surface area contributed by atoms with Crippen LogP contribution in [0.25, 0.3) is 0 Å². The van der Waals surface area contributed by atoms with Gasteiger partial charge in [0.1, 0.15) is 5.82 Å². The van der Waals surface area contributed by atoms with Crippen LogP contribution in [0.15, 0.2) is 18.2 Å². The van der Waals surface area contributed by atoms with Crippen molar-refractivity contribution in [2.24, 2.45) is 0 Å². The average molecular weight is 372 g/mol. The smallest absolute Gasteiger partial charge is 0.264 e. The Balaban J connectivity index is 1.94. The van der Waals surface area contributed by atoms with Gasteiger partial charge in [-0.1, -0.05) is 11.6 Å². The van der Waals surface area contributed by atoms with E-state index in [4.69, 9.17) is 11.6 Å². The van der Waals surface area contributed by atoms with Crippen LogP contribution in [0.4, 0.5) is 4.39 Å². The summed E-state index contributed by atoms with van der Waals surface area (Å²) in [7, 11) is 0. The maximum absolute atomic E-state index is 13.3. The number of aliphatic hydroxyl groups is 1. The molecule has 1 unspecified atom stereocenters. The molecule has 0 spiro atoms. The van der Waals surface area contributed by atoms with Crippen LogP contribution in [0, 0.1) is 5.82 Å². The summed E-state index contributed by atoms with van der Waals surface area (Å²) >= 11 is 5.74. The lowest BCUT2D eigenvalue weighted by molar-refractivity contribution is -0.154. The van der Waals surface area contributed by atoms with E-state index in [1.165, 1.54) is 24.0 Å². The van der Waals surface area contributed by atoms with E-state index in [-0.39, 0.29) is 43.5 Å². The van der Waals surface area contributed by atoms with Crippen LogP contribution in [0.2, 0.25) is 5.02 Å². The monoisotopic (exact) mass is 371 g/mol. The first-order valence-electron chi connectivity index (χ1n) is 7.72. The number of hydrogen-bond acceptors (Lipinski definition) is 4. The third kappa shape index (κ3) is 4.67. The van der Waals surface area contributed by atoms with Crippen LogP contribution in [0.5, 0.6) is 0 Å². The number of hydrogen-bond donors (Lipinski definition) is 3. The van der Waals surface area contributed by atoms with Gasteiger partial charge in [0, 0.05) is 44.5 Å². The Morgan fingerprint density at radius 3 is 2.72 bits per heavy atom. The number of likely N-dealkylation sites (tertiary alicyclic amines) is 1. The number of nitrogens with one attached hydrogen (secondary N) is 2. The summed E-state index contributed by atoms with van der Waals surface area (Å²) in [5.74, 6) is -2.34. The Kier molecular flexibility index (Phi) is 5.97. The highest BCUT2D eigenvalue weighted by atomic mass is 35.5. The number of halogens is 2. The van der Waals surface area contributed by atoms with E-state index in [0.717, 1.165) is 6.07 Å². The minimum absolute atomic E-state index is 0.0539. The van der Waals surface area contributed by atoms with Gasteiger partial charge in [0.15, 0.2) is 0 Å². The summed E-state index contributed by atoms with van der Waals surface area (Å²) in [4.78, 5) is 36.7. The molecule has 7 nitrogen and oxygen atoms in total. The first-order chi connectivity index (χ1) is 11.7. The molecule has 0 bridgehead atoms. The number of nitrogens with zero attached hydrogens (tertiary/aromatic N) is 1. The van der Waals surface area contributed by atoms with Crippen molar-refractivity contribution >= 4 is 29.3 Å². The normalized spacial score (nSPS) is 19.8. The molecule has 1 atom stereocenters. The summed E-state index contributed by atoms with van der Waals surface area (Å²) in [5.41, 5.74) is -1.75. The molecule has 136 valence electrons. The van der Waals surface area contributed by atoms with Crippen molar-refractivity contribution in [2.75, 3.05) is 19.6 Å². The molecule has 1 aliphatic rings. The van der Waals surface area contributed by atoms with Crippen LogP contribution in [-0.2, 0) is 20.9 Å². The molecular weight excluding hydrogens is 353 g/mol. The van der Waals surface area contributed by atoms with Crippen molar-refractivity contribution in [1.82, 2.24) is 15.5 Å². The second kappa shape index (κ2) is 7.79. The highest BCUT2D eigenvalue weighted by Gasteiger charge is 2.50. The molecule has 1 aliphatic heterocycles. The summed E-state index contributed by atoms with van der Waals surface area (Å²) in [5, 5.41) is 15.6. The maximum Gasteiger partial charge on any atom is 0.264 e. The number of amides is 3. The van der Waals surface area contributed by atoms with Crippen molar-refractivity contribution in [2.45, 2.75) is 25.5 Å². The van der Waals surface area contributed by atoms with Gasteiger partial charge in [-0.15, -0.1) is 0 Å². The molecule has 1 aromatic rings. The zero-order valence-corrected chi connectivity index (χ0v) is 14.4. The quantitative estimate of drug-likeness (QED) is 0.622. The van der Waals surface area contributed by atoms with Crippen LogP contribution in [0.1, 0.15) is 18.9 Å². The first-order valence-corrected chi connectivity index (χ1v) is 8.09. The molecule has 1 saturated heterocycles. The van der Waals surface area contributed by atoms with Crippen molar-refractivity contribution in [3.63, 3.8) is 0 Å². The molecule has 0 saturated carbocycles. The van der Waals surface area contributed by atoms with Gasteiger partial charge in [0.05, 0.1) is 0 Å². The first kappa shape index (κ1) is 19.1. The SMILES string of the molecule is CC(=O)NCCN1CCC(O)(C(=O)NCc2cc(F)cc(Cl)c2)C1=O. The second-order valence-electron chi connectivity index (χ2n) is 5.85.